The number of carbonyl (C=O) groups is 1. The summed E-state index contributed by atoms with van der Waals surface area (Å²) < 4.78 is 0. The quantitative estimate of drug-likeness (QED) is 0.403. The molecule has 0 saturated carbocycles. The third-order valence-electron chi connectivity index (χ3n) is 3.03. The smallest absolute Gasteiger partial charge is 0.212 e. The van der Waals surface area contributed by atoms with E-state index >= 15 is 0 Å². The maximum atomic E-state index is 11.4. The van der Waals surface area contributed by atoms with Crippen molar-refractivity contribution in [2.75, 3.05) is 5.75 Å². The van der Waals surface area contributed by atoms with E-state index in [0.29, 0.717) is 0 Å². The molecule has 1 atom stereocenters. The third kappa shape index (κ3) is 12.3. The summed E-state index contributed by atoms with van der Waals surface area (Å²) >= 11 is 1.36. The van der Waals surface area contributed by atoms with Crippen molar-refractivity contribution in [3.8, 4) is 0 Å². The van der Waals surface area contributed by atoms with Crippen molar-refractivity contribution in [2.24, 2.45) is 11.8 Å². The summed E-state index contributed by atoms with van der Waals surface area (Å²) in [5.74, 6) is 2.40. The van der Waals surface area contributed by atoms with E-state index < -0.39 is 0 Å². The first-order valence-electron chi connectivity index (χ1n) is 7.47. The molecule has 0 aliphatic carbocycles. The fraction of sp³-hybridized carbons (Fsp3) is 0.706. The van der Waals surface area contributed by atoms with Crippen LogP contribution in [-0.4, -0.2) is 10.9 Å². The molecule has 0 N–H and O–H groups in total. The molecule has 19 heavy (non-hydrogen) atoms. The van der Waals surface area contributed by atoms with Crippen molar-refractivity contribution in [3.05, 3.63) is 23.8 Å². The van der Waals surface area contributed by atoms with Crippen molar-refractivity contribution >= 4 is 16.9 Å². The number of thioether (sulfide) groups is 1. The van der Waals surface area contributed by atoms with Crippen LogP contribution in [0.2, 0.25) is 0 Å². The Kier molecular flexibility index (Phi) is 11.0. The molecule has 0 saturated heterocycles. The van der Waals surface area contributed by atoms with Gasteiger partial charge in [0, 0.05) is 0 Å². The Labute approximate surface area is 123 Å². The molecular weight excluding hydrogens is 252 g/mol. The third-order valence-corrected chi connectivity index (χ3v) is 3.72. The van der Waals surface area contributed by atoms with Crippen LogP contribution in [0.4, 0.5) is 0 Å². The van der Waals surface area contributed by atoms with Crippen molar-refractivity contribution in [2.45, 2.75) is 60.3 Å². The van der Waals surface area contributed by atoms with Gasteiger partial charge in [-0.1, -0.05) is 70.9 Å². The highest BCUT2D eigenvalue weighted by Crippen LogP contribution is 2.16. The zero-order chi connectivity index (χ0) is 14.7. The lowest BCUT2D eigenvalue weighted by Gasteiger charge is -2.09. The molecule has 110 valence electrons. The Hall–Kier alpha value is -0.500. The number of carbonyl (C=O) groups excluding carboxylic acids is 1. The van der Waals surface area contributed by atoms with E-state index in [4.69, 9.17) is 0 Å². The summed E-state index contributed by atoms with van der Waals surface area (Å²) in [7, 11) is 0. The monoisotopic (exact) mass is 282 g/mol. The van der Waals surface area contributed by atoms with Crippen LogP contribution in [0.15, 0.2) is 23.8 Å². The van der Waals surface area contributed by atoms with E-state index in [1.54, 1.807) is 6.08 Å². The fourth-order valence-corrected chi connectivity index (χ4v) is 2.45. The van der Waals surface area contributed by atoms with Crippen LogP contribution in [0.25, 0.3) is 0 Å². The van der Waals surface area contributed by atoms with E-state index in [1.165, 1.54) is 31.0 Å². The lowest BCUT2D eigenvalue weighted by molar-refractivity contribution is -0.107. The van der Waals surface area contributed by atoms with Crippen molar-refractivity contribution in [1.29, 1.82) is 0 Å². The summed E-state index contributed by atoms with van der Waals surface area (Å²) in [5, 5.41) is 0.162. The minimum atomic E-state index is 0.162. The van der Waals surface area contributed by atoms with Gasteiger partial charge < -0.3 is 0 Å². The summed E-state index contributed by atoms with van der Waals surface area (Å²) in [6, 6.07) is 0. The van der Waals surface area contributed by atoms with Crippen LogP contribution in [0.5, 0.6) is 0 Å². The molecular formula is C17H30OS. The Bertz CT molecular complexity index is 302. The second-order valence-corrected chi connectivity index (χ2v) is 6.98. The molecule has 2 heteroatoms. The average Bonchev–Trinajstić information content (AvgIpc) is 2.28. The van der Waals surface area contributed by atoms with Gasteiger partial charge in [-0.05, 0) is 42.6 Å². The van der Waals surface area contributed by atoms with Gasteiger partial charge in [-0.3, -0.25) is 4.79 Å². The van der Waals surface area contributed by atoms with Gasteiger partial charge in [0.25, 0.3) is 0 Å². The molecule has 0 radical (unpaired) electrons. The molecule has 0 aliphatic heterocycles. The van der Waals surface area contributed by atoms with Crippen molar-refractivity contribution in [3.63, 3.8) is 0 Å². The second-order valence-electron chi connectivity index (χ2n) is 5.71. The van der Waals surface area contributed by atoms with Crippen LogP contribution >= 0.6 is 11.8 Å². The predicted molar refractivity (Wildman–Crippen MR) is 88.5 cm³/mol. The van der Waals surface area contributed by atoms with Gasteiger partial charge >= 0.3 is 0 Å². The highest BCUT2D eigenvalue weighted by molar-refractivity contribution is 8.14. The molecule has 1 nitrogen and oxygen atoms in total. The van der Waals surface area contributed by atoms with Gasteiger partial charge in [-0.25, -0.2) is 0 Å². The molecule has 0 bridgehead atoms. The Morgan fingerprint density at radius 3 is 2.47 bits per heavy atom. The highest BCUT2D eigenvalue weighted by atomic mass is 32.2. The number of rotatable bonds is 9. The zero-order valence-electron chi connectivity index (χ0n) is 13.2. The molecule has 0 aromatic carbocycles. The van der Waals surface area contributed by atoms with Crippen LogP contribution in [0, 0.1) is 11.8 Å². The minimum Gasteiger partial charge on any atom is -0.282 e. The van der Waals surface area contributed by atoms with Crippen molar-refractivity contribution < 1.29 is 4.79 Å². The number of hydrogen-bond donors (Lipinski definition) is 0. The van der Waals surface area contributed by atoms with E-state index in [0.717, 1.165) is 29.6 Å². The maximum Gasteiger partial charge on any atom is 0.212 e. The maximum absolute atomic E-state index is 11.4. The molecule has 0 amide bonds. The van der Waals surface area contributed by atoms with E-state index in [2.05, 4.69) is 32.9 Å². The van der Waals surface area contributed by atoms with Gasteiger partial charge in [-0.2, -0.15) is 0 Å². The highest BCUT2D eigenvalue weighted by Gasteiger charge is 2.01. The Morgan fingerprint density at radius 2 is 1.89 bits per heavy atom. The molecule has 0 aromatic rings. The van der Waals surface area contributed by atoms with Crippen LogP contribution in [0.1, 0.15) is 60.3 Å². The molecule has 0 fully saturated rings. The lowest BCUT2D eigenvalue weighted by Crippen LogP contribution is -1.95. The molecule has 0 aromatic heterocycles. The second kappa shape index (κ2) is 11.3. The average molecular weight is 282 g/mol. The first kappa shape index (κ1) is 18.5. The summed E-state index contributed by atoms with van der Waals surface area (Å²) in [4.78, 5) is 11.4. The first-order valence-corrected chi connectivity index (χ1v) is 8.45. The fourth-order valence-electron chi connectivity index (χ4n) is 1.90. The van der Waals surface area contributed by atoms with Crippen LogP contribution < -0.4 is 0 Å². The van der Waals surface area contributed by atoms with E-state index in [-0.39, 0.29) is 5.12 Å². The van der Waals surface area contributed by atoms with E-state index in [9.17, 15) is 4.79 Å². The topological polar surface area (TPSA) is 17.1 Å². The predicted octanol–water partition coefficient (Wildman–Crippen LogP) is 5.62. The van der Waals surface area contributed by atoms with Gasteiger partial charge in [0.1, 0.15) is 0 Å². The molecule has 0 rings (SSSR count). The zero-order valence-corrected chi connectivity index (χ0v) is 14.1. The Morgan fingerprint density at radius 1 is 1.21 bits per heavy atom. The molecule has 0 heterocycles. The first-order chi connectivity index (χ1) is 8.95. The van der Waals surface area contributed by atoms with Gasteiger partial charge in [-0.15, -0.1) is 0 Å². The number of hydrogen-bond acceptors (Lipinski definition) is 2. The lowest BCUT2D eigenvalue weighted by atomic mass is 9.97. The standard InChI is InChI=1S/C17H30OS/c1-6-19-17(18)13-16(5)12-8-11-15(4)10-7-9-14(2)3/h8,12-15H,6-7,9-11H2,1-5H3/b12-8+,16-13+. The Balaban J connectivity index is 3.90. The van der Waals surface area contributed by atoms with Gasteiger partial charge in [0.05, 0.1) is 0 Å². The van der Waals surface area contributed by atoms with E-state index in [1.807, 2.05) is 13.8 Å². The summed E-state index contributed by atoms with van der Waals surface area (Å²) in [5.41, 5.74) is 1.06. The largest absolute Gasteiger partial charge is 0.282 e. The van der Waals surface area contributed by atoms with Gasteiger partial charge in [0.2, 0.25) is 5.12 Å². The van der Waals surface area contributed by atoms with Crippen LogP contribution in [0.3, 0.4) is 0 Å². The SMILES string of the molecule is CCSC(=O)/C=C(C)/C=C/CC(C)CCCC(C)C. The molecule has 1 unspecified atom stereocenters. The normalized spacial score (nSPS) is 14.3. The van der Waals surface area contributed by atoms with Crippen molar-refractivity contribution in [1.82, 2.24) is 0 Å². The molecule has 0 spiro atoms. The minimum absolute atomic E-state index is 0.162. The molecule has 0 aliphatic rings. The van der Waals surface area contributed by atoms with Gasteiger partial charge in [0.15, 0.2) is 0 Å². The summed E-state index contributed by atoms with van der Waals surface area (Å²) in [6.45, 7) is 10.9. The summed E-state index contributed by atoms with van der Waals surface area (Å²) in [6.07, 6.45) is 11.1. The van der Waals surface area contributed by atoms with Crippen LogP contribution in [-0.2, 0) is 4.79 Å². The number of allylic oxidation sites excluding steroid dienone is 3.